The van der Waals surface area contributed by atoms with E-state index in [2.05, 4.69) is 42.3 Å². The molecule has 1 N–H and O–H groups in total. The van der Waals surface area contributed by atoms with E-state index in [4.69, 9.17) is 14.2 Å². The average molecular weight is 465 g/mol. The fourth-order valence-electron chi connectivity index (χ4n) is 4.55. The molecule has 1 saturated heterocycles. The normalized spacial score (nSPS) is 21.0. The number of fused-ring (bicyclic) bond motifs is 1. The minimum Gasteiger partial charge on any atom is -0.488 e. The summed E-state index contributed by atoms with van der Waals surface area (Å²) in [6, 6.07) is 4.54. The van der Waals surface area contributed by atoms with Gasteiger partial charge in [0.05, 0.1) is 43.3 Å². The Hall–Kier alpha value is -3.20. The third kappa shape index (κ3) is 5.47. The Morgan fingerprint density at radius 3 is 2.62 bits per heavy atom. The van der Waals surface area contributed by atoms with E-state index in [0.29, 0.717) is 11.9 Å². The van der Waals surface area contributed by atoms with E-state index in [9.17, 15) is 0 Å². The first-order valence-corrected chi connectivity index (χ1v) is 12.1. The first-order valence-electron chi connectivity index (χ1n) is 12.1. The molecule has 9 heteroatoms. The van der Waals surface area contributed by atoms with E-state index in [0.717, 1.165) is 80.3 Å². The second kappa shape index (κ2) is 10.4. The van der Waals surface area contributed by atoms with Gasteiger partial charge in [-0.25, -0.2) is 4.98 Å². The molecule has 5 rings (SSSR count). The molecule has 2 aromatic heterocycles. The predicted octanol–water partition coefficient (Wildman–Crippen LogP) is 3.85. The van der Waals surface area contributed by atoms with Crippen molar-refractivity contribution in [2.45, 2.75) is 57.8 Å². The summed E-state index contributed by atoms with van der Waals surface area (Å²) in [6.45, 7) is 7.18. The van der Waals surface area contributed by atoms with Crippen molar-refractivity contribution in [2.75, 3.05) is 36.5 Å². The molecule has 1 saturated carbocycles. The molecule has 180 valence electrons. The molecule has 1 aliphatic heterocycles. The zero-order chi connectivity index (χ0) is 23.3. The SMILES string of the molecule is CC(C)Oc1cncc(NC2CCC(Oc3cc(N4CCOCC4)cc4nccnc34)CC2)n1. The van der Waals surface area contributed by atoms with Gasteiger partial charge in [0.15, 0.2) is 0 Å². The molecule has 3 heterocycles. The number of rotatable bonds is 7. The molecule has 0 spiro atoms. The average Bonchev–Trinajstić information content (AvgIpc) is 2.85. The zero-order valence-corrected chi connectivity index (χ0v) is 19.8. The van der Waals surface area contributed by atoms with Gasteiger partial charge in [-0.3, -0.25) is 9.97 Å². The molecule has 0 unspecified atom stereocenters. The van der Waals surface area contributed by atoms with Crippen LogP contribution in [0.15, 0.2) is 36.9 Å². The summed E-state index contributed by atoms with van der Waals surface area (Å²) in [5.41, 5.74) is 2.79. The van der Waals surface area contributed by atoms with E-state index in [1.165, 1.54) is 0 Å². The van der Waals surface area contributed by atoms with Crippen LogP contribution in [0.1, 0.15) is 39.5 Å². The van der Waals surface area contributed by atoms with Crippen molar-refractivity contribution in [3.8, 4) is 11.6 Å². The summed E-state index contributed by atoms with van der Waals surface area (Å²) < 4.78 is 17.7. The second-order valence-corrected chi connectivity index (χ2v) is 9.11. The quantitative estimate of drug-likeness (QED) is 0.559. The van der Waals surface area contributed by atoms with Gasteiger partial charge in [0.25, 0.3) is 0 Å². The van der Waals surface area contributed by atoms with Crippen LogP contribution in [0, 0.1) is 0 Å². The van der Waals surface area contributed by atoms with Gasteiger partial charge in [-0.05, 0) is 45.6 Å². The highest BCUT2D eigenvalue weighted by Crippen LogP contribution is 2.33. The number of nitrogens with one attached hydrogen (secondary N) is 1. The van der Waals surface area contributed by atoms with Crippen LogP contribution in [0.5, 0.6) is 11.6 Å². The number of ether oxygens (including phenoxy) is 3. The van der Waals surface area contributed by atoms with Gasteiger partial charge in [-0.15, -0.1) is 0 Å². The molecule has 9 nitrogen and oxygen atoms in total. The first-order chi connectivity index (χ1) is 16.6. The summed E-state index contributed by atoms with van der Waals surface area (Å²) in [6.07, 6.45) is 11.0. The van der Waals surface area contributed by atoms with Gasteiger partial charge >= 0.3 is 0 Å². The molecule has 1 aliphatic carbocycles. The predicted molar refractivity (Wildman–Crippen MR) is 131 cm³/mol. The number of nitrogens with zero attached hydrogens (tertiary/aromatic N) is 5. The monoisotopic (exact) mass is 464 g/mol. The highest BCUT2D eigenvalue weighted by Gasteiger charge is 2.24. The van der Waals surface area contributed by atoms with Gasteiger partial charge in [0, 0.05) is 43.3 Å². The Balaban J connectivity index is 1.23. The molecule has 2 aliphatic rings. The van der Waals surface area contributed by atoms with Crippen LogP contribution >= 0.6 is 0 Å². The Morgan fingerprint density at radius 1 is 1.03 bits per heavy atom. The molecule has 2 fully saturated rings. The van der Waals surface area contributed by atoms with Crippen LogP contribution in [-0.2, 0) is 4.74 Å². The molecular formula is C25H32N6O3. The van der Waals surface area contributed by atoms with Gasteiger partial charge in [0.2, 0.25) is 5.88 Å². The molecule has 0 radical (unpaired) electrons. The van der Waals surface area contributed by atoms with Crippen molar-refractivity contribution in [1.82, 2.24) is 19.9 Å². The van der Waals surface area contributed by atoms with E-state index >= 15 is 0 Å². The smallest absolute Gasteiger partial charge is 0.234 e. The molecule has 34 heavy (non-hydrogen) atoms. The second-order valence-electron chi connectivity index (χ2n) is 9.11. The van der Waals surface area contributed by atoms with Gasteiger partial charge < -0.3 is 24.4 Å². The van der Waals surface area contributed by atoms with Gasteiger partial charge in [-0.2, -0.15) is 4.98 Å². The maximum atomic E-state index is 6.53. The Morgan fingerprint density at radius 2 is 1.82 bits per heavy atom. The number of morpholine rings is 1. The van der Waals surface area contributed by atoms with E-state index in [1.807, 2.05) is 13.8 Å². The minimum absolute atomic E-state index is 0.0691. The van der Waals surface area contributed by atoms with E-state index < -0.39 is 0 Å². The van der Waals surface area contributed by atoms with Crippen LogP contribution in [0.25, 0.3) is 11.0 Å². The summed E-state index contributed by atoms with van der Waals surface area (Å²) in [5.74, 6) is 2.11. The van der Waals surface area contributed by atoms with Crippen molar-refractivity contribution in [3.05, 3.63) is 36.9 Å². The lowest BCUT2D eigenvalue weighted by Gasteiger charge is -2.31. The molecule has 0 atom stereocenters. The van der Waals surface area contributed by atoms with Crippen LogP contribution in [-0.4, -0.2) is 64.5 Å². The lowest BCUT2D eigenvalue weighted by molar-refractivity contribution is 0.122. The highest BCUT2D eigenvalue weighted by molar-refractivity contribution is 5.85. The van der Waals surface area contributed by atoms with Crippen molar-refractivity contribution in [2.24, 2.45) is 0 Å². The summed E-state index contributed by atoms with van der Waals surface area (Å²) in [7, 11) is 0. The first kappa shape index (κ1) is 22.6. The van der Waals surface area contributed by atoms with Crippen LogP contribution < -0.4 is 19.7 Å². The highest BCUT2D eigenvalue weighted by atomic mass is 16.5. The molecule has 3 aromatic rings. The fraction of sp³-hybridized carbons (Fsp3) is 0.520. The van der Waals surface area contributed by atoms with E-state index in [1.54, 1.807) is 24.8 Å². The summed E-state index contributed by atoms with van der Waals surface area (Å²) in [4.78, 5) is 20.2. The van der Waals surface area contributed by atoms with Crippen molar-refractivity contribution < 1.29 is 14.2 Å². The summed E-state index contributed by atoms with van der Waals surface area (Å²) >= 11 is 0. The van der Waals surface area contributed by atoms with Gasteiger partial charge in [-0.1, -0.05) is 0 Å². The topological polar surface area (TPSA) is 94.5 Å². The van der Waals surface area contributed by atoms with Crippen LogP contribution in [0.3, 0.4) is 0 Å². The number of aromatic nitrogens is 4. The summed E-state index contributed by atoms with van der Waals surface area (Å²) in [5, 5.41) is 3.51. The Labute approximate surface area is 199 Å². The molecule has 1 aromatic carbocycles. The number of anilines is 2. The third-order valence-corrected chi connectivity index (χ3v) is 6.19. The lowest BCUT2D eigenvalue weighted by Crippen LogP contribution is -2.36. The Kier molecular flexibility index (Phi) is 6.89. The van der Waals surface area contributed by atoms with Crippen molar-refractivity contribution >= 4 is 22.5 Å². The largest absolute Gasteiger partial charge is 0.488 e. The standard InChI is InChI=1S/C25H32N6O3/c1-17(2)33-24-16-26-15-23(30-24)29-18-3-5-20(6-4-18)34-22-14-19(31-9-11-32-12-10-31)13-21-25(22)28-8-7-27-21/h7-8,13-18,20H,3-6,9-12H2,1-2H3,(H,29,30). The lowest BCUT2D eigenvalue weighted by atomic mass is 9.93. The molecule has 0 bridgehead atoms. The van der Waals surface area contributed by atoms with Crippen molar-refractivity contribution in [3.63, 3.8) is 0 Å². The van der Waals surface area contributed by atoms with Crippen molar-refractivity contribution in [1.29, 1.82) is 0 Å². The van der Waals surface area contributed by atoms with Crippen LogP contribution in [0.4, 0.5) is 11.5 Å². The van der Waals surface area contributed by atoms with Gasteiger partial charge in [0.1, 0.15) is 17.1 Å². The maximum absolute atomic E-state index is 6.53. The van der Waals surface area contributed by atoms with Crippen LogP contribution in [0.2, 0.25) is 0 Å². The maximum Gasteiger partial charge on any atom is 0.234 e. The fourth-order valence-corrected chi connectivity index (χ4v) is 4.55. The minimum atomic E-state index is 0.0691. The zero-order valence-electron chi connectivity index (χ0n) is 19.8. The third-order valence-electron chi connectivity index (χ3n) is 6.19. The number of hydrogen-bond acceptors (Lipinski definition) is 9. The number of benzene rings is 1. The van der Waals surface area contributed by atoms with E-state index in [-0.39, 0.29) is 12.2 Å². The molecule has 0 amide bonds. The number of hydrogen-bond donors (Lipinski definition) is 1. The Bertz CT molecular complexity index is 1100. The molecular weight excluding hydrogens is 432 g/mol.